The Morgan fingerprint density at radius 2 is 2.00 bits per heavy atom. The Kier molecular flexibility index (Phi) is 2.87. The predicted molar refractivity (Wildman–Crippen MR) is 42.5 cm³/mol. The number of anilines is 1. The molecule has 2 N–H and O–H groups in total. The first kappa shape index (κ1) is 9.98. The first-order chi connectivity index (χ1) is 6.02. The van der Waals surface area contributed by atoms with Crippen LogP contribution < -0.4 is 10.5 Å². The molecule has 1 aromatic carbocycles. The minimum Gasteiger partial charge on any atom is -0.429 e. The minimum atomic E-state index is -3.13. The van der Waals surface area contributed by atoms with Gasteiger partial charge < -0.3 is 10.5 Å². The molecule has 0 saturated carbocycles. The smallest absolute Gasteiger partial charge is 0.387 e. The van der Waals surface area contributed by atoms with Crippen LogP contribution >= 0.6 is 11.6 Å². The number of alkyl halides is 2. The van der Waals surface area contributed by atoms with E-state index >= 15 is 0 Å². The molecule has 0 aliphatic rings. The quantitative estimate of drug-likeness (QED) is 0.764. The molecule has 0 radical (unpaired) electrons. The summed E-state index contributed by atoms with van der Waals surface area (Å²) in [7, 11) is 0. The average Bonchev–Trinajstić information content (AvgIpc) is 2.05. The van der Waals surface area contributed by atoms with Crippen molar-refractivity contribution >= 4 is 17.3 Å². The Bertz CT molecular complexity index is 319. The lowest BCUT2D eigenvalue weighted by Crippen LogP contribution is -2.06. The van der Waals surface area contributed by atoms with Crippen LogP contribution in [0, 0.1) is 5.82 Å². The van der Waals surface area contributed by atoms with Gasteiger partial charge >= 0.3 is 6.61 Å². The molecule has 72 valence electrons. The molecule has 2 nitrogen and oxygen atoms in total. The van der Waals surface area contributed by atoms with Gasteiger partial charge in [-0.1, -0.05) is 11.6 Å². The second-order valence-corrected chi connectivity index (χ2v) is 2.57. The van der Waals surface area contributed by atoms with Crippen LogP contribution in [0.15, 0.2) is 12.1 Å². The van der Waals surface area contributed by atoms with E-state index in [1.165, 1.54) is 6.07 Å². The van der Waals surface area contributed by atoms with Gasteiger partial charge in [-0.3, -0.25) is 0 Å². The molecule has 0 unspecified atom stereocenters. The Balaban J connectivity index is 3.10. The van der Waals surface area contributed by atoms with Gasteiger partial charge in [-0.2, -0.15) is 8.78 Å². The number of ether oxygens (including phenoxy) is 1. The summed E-state index contributed by atoms with van der Waals surface area (Å²) in [6, 6.07) is 2.34. The van der Waals surface area contributed by atoms with E-state index in [9.17, 15) is 13.2 Å². The van der Waals surface area contributed by atoms with Gasteiger partial charge in [0.05, 0.1) is 10.7 Å². The van der Waals surface area contributed by atoms with Crippen molar-refractivity contribution in [3.05, 3.63) is 23.0 Å². The van der Waals surface area contributed by atoms with Crippen molar-refractivity contribution < 1.29 is 17.9 Å². The standard InChI is InChI=1S/C7H5ClF3NO/c8-3-1-2-4(12)6(5(3)9)13-7(10)11/h1-2,7H,12H2. The summed E-state index contributed by atoms with van der Waals surface area (Å²) in [5, 5.41) is -0.315. The highest BCUT2D eigenvalue weighted by molar-refractivity contribution is 6.31. The molecule has 0 aliphatic carbocycles. The van der Waals surface area contributed by atoms with Gasteiger partial charge in [-0.25, -0.2) is 4.39 Å². The minimum absolute atomic E-state index is 0.220. The summed E-state index contributed by atoms with van der Waals surface area (Å²) in [5.74, 6) is -1.80. The first-order valence-corrected chi connectivity index (χ1v) is 3.58. The van der Waals surface area contributed by atoms with Crippen molar-refractivity contribution in [2.75, 3.05) is 5.73 Å². The van der Waals surface area contributed by atoms with Crippen LogP contribution in [0.2, 0.25) is 5.02 Å². The highest BCUT2D eigenvalue weighted by Gasteiger charge is 2.15. The third kappa shape index (κ3) is 2.18. The lowest BCUT2D eigenvalue weighted by molar-refractivity contribution is -0.0516. The van der Waals surface area contributed by atoms with Crippen LogP contribution in [0.5, 0.6) is 5.75 Å². The van der Waals surface area contributed by atoms with Gasteiger partial charge in [0.2, 0.25) is 0 Å². The van der Waals surface area contributed by atoms with Gasteiger partial charge in [-0.15, -0.1) is 0 Å². The van der Waals surface area contributed by atoms with E-state index in [0.29, 0.717) is 0 Å². The zero-order valence-corrected chi connectivity index (χ0v) is 6.99. The number of benzene rings is 1. The molecular weight excluding hydrogens is 207 g/mol. The monoisotopic (exact) mass is 211 g/mol. The predicted octanol–water partition coefficient (Wildman–Crippen LogP) is 2.66. The van der Waals surface area contributed by atoms with Gasteiger partial charge in [-0.05, 0) is 12.1 Å². The second kappa shape index (κ2) is 3.74. The molecule has 0 aliphatic heterocycles. The molecule has 0 spiro atoms. The number of halogens is 4. The Labute approximate surface area is 77.0 Å². The molecule has 0 bridgehead atoms. The molecule has 13 heavy (non-hydrogen) atoms. The van der Waals surface area contributed by atoms with E-state index in [0.717, 1.165) is 6.07 Å². The van der Waals surface area contributed by atoms with Crippen molar-refractivity contribution in [3.63, 3.8) is 0 Å². The lowest BCUT2D eigenvalue weighted by Gasteiger charge is -2.08. The largest absolute Gasteiger partial charge is 0.429 e. The highest BCUT2D eigenvalue weighted by Crippen LogP contribution is 2.31. The van der Waals surface area contributed by atoms with E-state index in [-0.39, 0.29) is 10.7 Å². The van der Waals surface area contributed by atoms with Crippen molar-refractivity contribution in [1.29, 1.82) is 0 Å². The zero-order valence-electron chi connectivity index (χ0n) is 6.23. The molecule has 1 rings (SSSR count). The number of nitrogen functional groups attached to an aromatic ring is 1. The summed E-state index contributed by atoms with van der Waals surface area (Å²) >= 11 is 5.31. The fourth-order valence-corrected chi connectivity index (χ4v) is 0.905. The molecule has 0 amide bonds. The normalized spacial score (nSPS) is 10.5. The number of nitrogens with two attached hydrogens (primary N) is 1. The highest BCUT2D eigenvalue weighted by atomic mass is 35.5. The SMILES string of the molecule is Nc1ccc(Cl)c(F)c1OC(F)F. The number of hydrogen-bond donors (Lipinski definition) is 1. The van der Waals surface area contributed by atoms with E-state index in [2.05, 4.69) is 4.74 Å². The molecule has 0 fully saturated rings. The maximum Gasteiger partial charge on any atom is 0.387 e. The first-order valence-electron chi connectivity index (χ1n) is 3.20. The Morgan fingerprint density at radius 1 is 1.38 bits per heavy atom. The molecule has 0 atom stereocenters. The van der Waals surface area contributed by atoms with Crippen molar-refractivity contribution in [2.24, 2.45) is 0 Å². The molecule has 0 aromatic heterocycles. The summed E-state index contributed by atoms with van der Waals surface area (Å²) in [4.78, 5) is 0. The fraction of sp³-hybridized carbons (Fsp3) is 0.143. The maximum atomic E-state index is 13.0. The van der Waals surface area contributed by atoms with Crippen LogP contribution in [0.3, 0.4) is 0 Å². The molecule has 0 saturated heterocycles. The van der Waals surface area contributed by atoms with Crippen LogP contribution in [0.25, 0.3) is 0 Å². The summed E-state index contributed by atoms with van der Waals surface area (Å²) < 4.78 is 40.2. The maximum absolute atomic E-state index is 13.0. The summed E-state index contributed by atoms with van der Waals surface area (Å²) in [5.41, 5.74) is 4.96. The van der Waals surface area contributed by atoms with Gasteiger partial charge in [0, 0.05) is 0 Å². The van der Waals surface area contributed by atoms with Crippen LogP contribution in [-0.2, 0) is 0 Å². The summed E-state index contributed by atoms with van der Waals surface area (Å²) in [6.07, 6.45) is 0. The molecule has 0 heterocycles. The van der Waals surface area contributed by atoms with Crippen LogP contribution in [-0.4, -0.2) is 6.61 Å². The Morgan fingerprint density at radius 3 is 2.54 bits per heavy atom. The fourth-order valence-electron chi connectivity index (χ4n) is 0.756. The van der Waals surface area contributed by atoms with E-state index in [4.69, 9.17) is 17.3 Å². The lowest BCUT2D eigenvalue weighted by atomic mass is 10.3. The van der Waals surface area contributed by atoms with E-state index < -0.39 is 18.2 Å². The van der Waals surface area contributed by atoms with E-state index in [1.807, 2.05) is 0 Å². The molecular formula is C7H5ClF3NO. The van der Waals surface area contributed by atoms with Crippen molar-refractivity contribution in [2.45, 2.75) is 6.61 Å². The van der Waals surface area contributed by atoms with Gasteiger partial charge in [0.25, 0.3) is 0 Å². The van der Waals surface area contributed by atoms with Crippen molar-refractivity contribution in [3.8, 4) is 5.75 Å². The average molecular weight is 212 g/mol. The number of hydrogen-bond acceptors (Lipinski definition) is 2. The van der Waals surface area contributed by atoms with E-state index in [1.54, 1.807) is 0 Å². The zero-order chi connectivity index (χ0) is 10.0. The Hall–Kier alpha value is -1.10. The second-order valence-electron chi connectivity index (χ2n) is 2.16. The van der Waals surface area contributed by atoms with Crippen LogP contribution in [0.4, 0.5) is 18.9 Å². The van der Waals surface area contributed by atoms with Crippen LogP contribution in [0.1, 0.15) is 0 Å². The summed E-state index contributed by atoms with van der Waals surface area (Å²) in [6.45, 7) is -3.13. The third-order valence-corrected chi connectivity index (χ3v) is 1.58. The van der Waals surface area contributed by atoms with Crippen molar-refractivity contribution in [1.82, 2.24) is 0 Å². The third-order valence-electron chi connectivity index (χ3n) is 1.29. The molecule has 1 aromatic rings. The topological polar surface area (TPSA) is 35.2 Å². The number of rotatable bonds is 2. The van der Waals surface area contributed by atoms with Gasteiger partial charge in [0.15, 0.2) is 11.6 Å². The van der Waals surface area contributed by atoms with Gasteiger partial charge in [0.1, 0.15) is 0 Å². The molecule has 6 heteroatoms.